The normalized spacial score (nSPS) is 10.8. The minimum Gasteiger partial charge on any atom is -0.357 e. The number of nitrogens with one attached hydrogen (secondary N) is 3. The zero-order valence-corrected chi connectivity index (χ0v) is 11.9. The van der Waals surface area contributed by atoms with Gasteiger partial charge in [0.25, 0.3) is 0 Å². The second-order valence-corrected chi connectivity index (χ2v) is 4.81. The highest BCUT2D eigenvalue weighted by atomic mass is 35.5. The molecule has 0 saturated heterocycles. The van der Waals surface area contributed by atoms with Crippen molar-refractivity contribution in [2.45, 2.75) is 0 Å². The molecule has 3 aromatic rings. The van der Waals surface area contributed by atoms with Crippen molar-refractivity contribution in [1.29, 1.82) is 0 Å². The van der Waals surface area contributed by atoms with Gasteiger partial charge in [-0.1, -0.05) is 29.3 Å². The van der Waals surface area contributed by atoms with Crippen LogP contribution in [-0.2, 0) is 0 Å². The standard InChI is InChI=1S/C12H10Cl2N6/c1-15-12-18-10(6-5-16-20-11(6)19-12)17-9-7(13)3-2-4-8(9)14/h2-5H,1H3,(H3,15,16,17,18,19,20). The molecule has 102 valence electrons. The van der Waals surface area contributed by atoms with E-state index in [-0.39, 0.29) is 0 Å². The van der Waals surface area contributed by atoms with Gasteiger partial charge < -0.3 is 10.6 Å². The van der Waals surface area contributed by atoms with Crippen molar-refractivity contribution < 1.29 is 0 Å². The Labute approximate surface area is 124 Å². The van der Waals surface area contributed by atoms with E-state index in [1.807, 2.05) is 0 Å². The lowest BCUT2D eigenvalue weighted by Crippen LogP contribution is -2.02. The van der Waals surface area contributed by atoms with Gasteiger partial charge in [-0.15, -0.1) is 0 Å². The van der Waals surface area contributed by atoms with E-state index < -0.39 is 0 Å². The van der Waals surface area contributed by atoms with Crippen LogP contribution >= 0.6 is 23.2 Å². The molecule has 0 atom stereocenters. The first-order chi connectivity index (χ1) is 9.69. The SMILES string of the molecule is CNc1nc(Nc2c(Cl)cccc2Cl)c2cn[nH]c2n1. The number of aromatic nitrogens is 4. The summed E-state index contributed by atoms with van der Waals surface area (Å²) < 4.78 is 0. The first kappa shape index (κ1) is 13.0. The largest absolute Gasteiger partial charge is 0.357 e. The fourth-order valence-electron chi connectivity index (χ4n) is 1.78. The number of hydrogen-bond acceptors (Lipinski definition) is 5. The zero-order valence-electron chi connectivity index (χ0n) is 10.4. The van der Waals surface area contributed by atoms with Crippen LogP contribution in [0.5, 0.6) is 0 Å². The topological polar surface area (TPSA) is 78.5 Å². The maximum absolute atomic E-state index is 6.15. The van der Waals surface area contributed by atoms with E-state index in [1.165, 1.54) is 0 Å². The monoisotopic (exact) mass is 308 g/mol. The van der Waals surface area contributed by atoms with E-state index in [0.29, 0.717) is 33.1 Å². The Morgan fingerprint density at radius 1 is 1.15 bits per heavy atom. The molecule has 3 N–H and O–H groups in total. The van der Waals surface area contributed by atoms with Crippen LogP contribution in [0.15, 0.2) is 24.4 Å². The zero-order chi connectivity index (χ0) is 14.1. The summed E-state index contributed by atoms with van der Waals surface area (Å²) in [7, 11) is 1.74. The van der Waals surface area contributed by atoms with Gasteiger partial charge in [0.05, 0.1) is 27.3 Å². The number of aromatic amines is 1. The second kappa shape index (κ2) is 5.15. The lowest BCUT2D eigenvalue weighted by molar-refractivity contribution is 1.09. The van der Waals surface area contributed by atoms with Gasteiger partial charge in [0.1, 0.15) is 5.82 Å². The number of H-pyrrole nitrogens is 1. The maximum Gasteiger partial charge on any atom is 0.226 e. The number of rotatable bonds is 3. The molecule has 0 amide bonds. The lowest BCUT2D eigenvalue weighted by atomic mass is 10.3. The number of hydrogen-bond donors (Lipinski definition) is 3. The molecule has 2 heterocycles. The van der Waals surface area contributed by atoms with Crippen LogP contribution < -0.4 is 10.6 Å². The molecule has 2 aromatic heterocycles. The number of para-hydroxylation sites is 1. The van der Waals surface area contributed by atoms with Gasteiger partial charge in [-0.2, -0.15) is 15.1 Å². The fraction of sp³-hybridized carbons (Fsp3) is 0.0833. The van der Waals surface area contributed by atoms with Gasteiger partial charge in [-0.05, 0) is 12.1 Å². The van der Waals surface area contributed by atoms with Gasteiger partial charge in [0.2, 0.25) is 5.95 Å². The van der Waals surface area contributed by atoms with Crippen LogP contribution in [0, 0.1) is 0 Å². The Balaban J connectivity index is 2.12. The molecule has 0 saturated carbocycles. The predicted molar refractivity (Wildman–Crippen MR) is 81.0 cm³/mol. The summed E-state index contributed by atoms with van der Waals surface area (Å²) in [6.07, 6.45) is 1.64. The highest BCUT2D eigenvalue weighted by Gasteiger charge is 2.12. The number of fused-ring (bicyclic) bond motifs is 1. The molecule has 0 aliphatic rings. The summed E-state index contributed by atoms with van der Waals surface area (Å²) >= 11 is 12.3. The molecule has 0 bridgehead atoms. The average Bonchev–Trinajstić information content (AvgIpc) is 2.91. The minimum absolute atomic E-state index is 0.465. The molecular formula is C12H10Cl2N6. The van der Waals surface area contributed by atoms with Crippen molar-refractivity contribution in [3.05, 3.63) is 34.4 Å². The summed E-state index contributed by atoms with van der Waals surface area (Å²) in [6, 6.07) is 5.29. The van der Waals surface area contributed by atoms with Crippen LogP contribution in [-0.4, -0.2) is 27.2 Å². The summed E-state index contributed by atoms with van der Waals surface area (Å²) in [4.78, 5) is 8.61. The Kier molecular flexibility index (Phi) is 3.33. The third kappa shape index (κ3) is 2.23. The third-order valence-electron chi connectivity index (χ3n) is 2.74. The molecule has 0 fully saturated rings. The van der Waals surface area contributed by atoms with Crippen molar-refractivity contribution in [3.63, 3.8) is 0 Å². The summed E-state index contributed by atoms with van der Waals surface area (Å²) in [6.45, 7) is 0. The van der Waals surface area contributed by atoms with Crippen LogP contribution in [0.25, 0.3) is 11.0 Å². The lowest BCUT2D eigenvalue weighted by Gasteiger charge is -2.11. The van der Waals surface area contributed by atoms with Gasteiger partial charge in [-0.3, -0.25) is 5.10 Å². The Hall–Kier alpha value is -2.05. The van der Waals surface area contributed by atoms with E-state index >= 15 is 0 Å². The molecule has 0 spiro atoms. The van der Waals surface area contributed by atoms with Crippen molar-refractivity contribution in [2.75, 3.05) is 17.7 Å². The van der Waals surface area contributed by atoms with E-state index in [0.717, 1.165) is 5.39 Å². The smallest absolute Gasteiger partial charge is 0.226 e. The Morgan fingerprint density at radius 3 is 2.60 bits per heavy atom. The van der Waals surface area contributed by atoms with E-state index in [9.17, 15) is 0 Å². The number of halogens is 2. The van der Waals surface area contributed by atoms with Gasteiger partial charge in [-0.25, -0.2) is 0 Å². The van der Waals surface area contributed by atoms with Crippen LogP contribution in [0.2, 0.25) is 10.0 Å². The molecule has 6 nitrogen and oxygen atoms in total. The van der Waals surface area contributed by atoms with Gasteiger partial charge >= 0.3 is 0 Å². The van der Waals surface area contributed by atoms with Gasteiger partial charge in [0.15, 0.2) is 5.65 Å². The average molecular weight is 309 g/mol. The molecule has 1 aromatic carbocycles. The predicted octanol–water partition coefficient (Wildman–Crippen LogP) is 3.45. The van der Waals surface area contributed by atoms with Crippen LogP contribution in [0.3, 0.4) is 0 Å². The van der Waals surface area contributed by atoms with E-state index in [4.69, 9.17) is 23.2 Å². The molecule has 0 aliphatic carbocycles. The second-order valence-electron chi connectivity index (χ2n) is 4.00. The number of anilines is 3. The van der Waals surface area contributed by atoms with Gasteiger partial charge in [0, 0.05) is 7.05 Å². The van der Waals surface area contributed by atoms with Crippen molar-refractivity contribution in [3.8, 4) is 0 Å². The molecule has 0 radical (unpaired) electrons. The third-order valence-corrected chi connectivity index (χ3v) is 3.37. The highest BCUT2D eigenvalue weighted by molar-refractivity contribution is 6.39. The summed E-state index contributed by atoms with van der Waals surface area (Å²) in [5.74, 6) is 1.04. The first-order valence-corrected chi connectivity index (χ1v) is 6.54. The molecule has 0 aliphatic heterocycles. The fourth-order valence-corrected chi connectivity index (χ4v) is 2.27. The highest BCUT2D eigenvalue weighted by Crippen LogP contribution is 2.33. The first-order valence-electron chi connectivity index (χ1n) is 5.79. The van der Waals surface area contributed by atoms with Crippen LogP contribution in [0.4, 0.5) is 17.5 Å². The number of benzene rings is 1. The Bertz CT molecular complexity index is 749. The molecule has 3 rings (SSSR count). The van der Waals surface area contributed by atoms with Crippen molar-refractivity contribution in [1.82, 2.24) is 20.2 Å². The van der Waals surface area contributed by atoms with E-state index in [1.54, 1.807) is 31.4 Å². The molecule has 20 heavy (non-hydrogen) atoms. The molecular weight excluding hydrogens is 299 g/mol. The molecule has 0 unspecified atom stereocenters. The summed E-state index contributed by atoms with van der Waals surface area (Å²) in [5.41, 5.74) is 1.22. The van der Waals surface area contributed by atoms with E-state index in [2.05, 4.69) is 30.8 Å². The van der Waals surface area contributed by atoms with Crippen molar-refractivity contribution in [2.24, 2.45) is 0 Å². The summed E-state index contributed by atoms with van der Waals surface area (Å²) in [5, 5.41) is 14.6. The number of nitrogens with zero attached hydrogens (tertiary/aromatic N) is 3. The van der Waals surface area contributed by atoms with Crippen molar-refractivity contribution >= 4 is 51.7 Å². The quantitative estimate of drug-likeness (QED) is 0.690. The Morgan fingerprint density at radius 2 is 1.90 bits per heavy atom. The van der Waals surface area contributed by atoms with Crippen LogP contribution in [0.1, 0.15) is 0 Å². The minimum atomic E-state index is 0.465. The molecule has 8 heteroatoms. The maximum atomic E-state index is 6.15.